The molecule has 1 atom stereocenters. The Hall–Kier alpha value is -1.90. The van der Waals surface area contributed by atoms with Crippen molar-refractivity contribution in [2.24, 2.45) is 5.92 Å². The van der Waals surface area contributed by atoms with Gasteiger partial charge in [0.25, 0.3) is 10.0 Å². The molecule has 3 rings (SSSR count). The Labute approximate surface area is 164 Å². The number of anilines is 1. The van der Waals surface area contributed by atoms with Gasteiger partial charge in [-0.3, -0.25) is 4.79 Å². The number of amides is 1. The van der Waals surface area contributed by atoms with Crippen LogP contribution in [0.1, 0.15) is 13.8 Å². The minimum Gasteiger partial charge on any atom is -0.368 e. The lowest BCUT2D eigenvalue weighted by atomic mass is 10.0. The third kappa shape index (κ3) is 4.69. The highest BCUT2D eigenvalue weighted by molar-refractivity contribution is 7.91. The van der Waals surface area contributed by atoms with Gasteiger partial charge in [-0.25, -0.2) is 8.42 Å². The molecule has 1 aromatic heterocycles. The van der Waals surface area contributed by atoms with E-state index in [4.69, 9.17) is 0 Å². The summed E-state index contributed by atoms with van der Waals surface area (Å²) in [5.74, 6) is -0.294. The van der Waals surface area contributed by atoms with E-state index >= 15 is 0 Å². The monoisotopic (exact) mass is 407 g/mol. The highest BCUT2D eigenvalue weighted by atomic mass is 32.2. The van der Waals surface area contributed by atoms with E-state index in [-0.39, 0.29) is 16.0 Å². The summed E-state index contributed by atoms with van der Waals surface area (Å²) in [5.41, 5.74) is 1.14. The number of para-hydroxylation sites is 1. The largest absolute Gasteiger partial charge is 0.368 e. The van der Waals surface area contributed by atoms with Crippen LogP contribution in [0, 0.1) is 5.92 Å². The number of thiophene rings is 1. The quantitative estimate of drug-likeness (QED) is 0.798. The Kier molecular flexibility index (Phi) is 6.18. The molecule has 146 valence electrons. The van der Waals surface area contributed by atoms with Crippen molar-refractivity contribution in [2.45, 2.75) is 24.1 Å². The molecule has 27 heavy (non-hydrogen) atoms. The van der Waals surface area contributed by atoms with Crippen LogP contribution >= 0.6 is 11.3 Å². The first-order chi connectivity index (χ1) is 12.9. The van der Waals surface area contributed by atoms with Gasteiger partial charge in [0.05, 0.1) is 0 Å². The first-order valence-corrected chi connectivity index (χ1v) is 11.4. The van der Waals surface area contributed by atoms with E-state index in [2.05, 4.69) is 21.8 Å². The third-order valence-electron chi connectivity index (χ3n) is 4.69. The fourth-order valence-corrected chi connectivity index (χ4v) is 5.48. The normalized spacial score (nSPS) is 16.6. The number of hydrogen-bond acceptors (Lipinski definition) is 5. The molecule has 1 aliphatic heterocycles. The van der Waals surface area contributed by atoms with Gasteiger partial charge >= 0.3 is 0 Å². The number of nitrogens with one attached hydrogen (secondary N) is 1. The predicted octanol–water partition coefficient (Wildman–Crippen LogP) is 2.40. The average Bonchev–Trinajstić information content (AvgIpc) is 3.22. The van der Waals surface area contributed by atoms with Gasteiger partial charge in [-0.2, -0.15) is 4.72 Å². The number of carbonyl (C=O) groups excluding carboxylic acids is 1. The van der Waals surface area contributed by atoms with E-state index in [1.54, 1.807) is 22.4 Å². The topological polar surface area (TPSA) is 69.7 Å². The molecule has 1 saturated heterocycles. The van der Waals surface area contributed by atoms with Crippen molar-refractivity contribution in [2.75, 3.05) is 31.1 Å². The number of benzene rings is 1. The van der Waals surface area contributed by atoms with Crippen molar-refractivity contribution in [1.82, 2.24) is 9.62 Å². The van der Waals surface area contributed by atoms with Gasteiger partial charge in [-0.05, 0) is 29.5 Å². The molecule has 2 aromatic rings. The zero-order chi connectivity index (χ0) is 19.4. The van der Waals surface area contributed by atoms with Gasteiger partial charge in [0, 0.05) is 31.9 Å². The van der Waals surface area contributed by atoms with E-state index in [1.165, 1.54) is 0 Å². The van der Waals surface area contributed by atoms with Crippen molar-refractivity contribution in [1.29, 1.82) is 0 Å². The highest BCUT2D eigenvalue weighted by Crippen LogP contribution is 2.20. The van der Waals surface area contributed by atoms with Crippen molar-refractivity contribution >= 4 is 33.0 Å². The molecule has 6 nitrogen and oxygen atoms in total. The van der Waals surface area contributed by atoms with Crippen LogP contribution in [-0.2, 0) is 14.8 Å². The van der Waals surface area contributed by atoms with Crippen LogP contribution < -0.4 is 9.62 Å². The summed E-state index contributed by atoms with van der Waals surface area (Å²) in [6, 6.07) is 12.6. The second kappa shape index (κ2) is 8.41. The number of sulfonamides is 1. The maximum atomic E-state index is 13.0. The molecule has 8 heteroatoms. The third-order valence-corrected chi connectivity index (χ3v) is 7.53. The van der Waals surface area contributed by atoms with Crippen LogP contribution in [0.25, 0.3) is 0 Å². The molecule has 2 heterocycles. The zero-order valence-electron chi connectivity index (χ0n) is 15.5. The molecule has 0 bridgehead atoms. The van der Waals surface area contributed by atoms with Crippen molar-refractivity contribution in [3.63, 3.8) is 0 Å². The van der Waals surface area contributed by atoms with E-state index in [0.29, 0.717) is 13.1 Å². The van der Waals surface area contributed by atoms with Crippen LogP contribution in [0.2, 0.25) is 0 Å². The molecular weight excluding hydrogens is 382 g/mol. The summed E-state index contributed by atoms with van der Waals surface area (Å²) in [6.07, 6.45) is 0. The fourth-order valence-electron chi connectivity index (χ4n) is 3.13. The van der Waals surface area contributed by atoms with Gasteiger partial charge in [0.15, 0.2) is 0 Å². The van der Waals surface area contributed by atoms with Crippen LogP contribution in [0.4, 0.5) is 5.69 Å². The van der Waals surface area contributed by atoms with Crippen LogP contribution in [-0.4, -0.2) is 51.4 Å². The Morgan fingerprint density at radius 2 is 1.70 bits per heavy atom. The van der Waals surface area contributed by atoms with Gasteiger partial charge in [0.2, 0.25) is 5.91 Å². The predicted molar refractivity (Wildman–Crippen MR) is 109 cm³/mol. The summed E-state index contributed by atoms with van der Waals surface area (Å²) >= 11 is 1.15. The molecular formula is C19H25N3O3S2. The second-order valence-corrected chi connectivity index (χ2v) is 9.81. The molecule has 1 N–H and O–H groups in total. The molecule has 1 aromatic carbocycles. The Morgan fingerprint density at radius 1 is 1.04 bits per heavy atom. The Bertz CT molecular complexity index is 844. The summed E-state index contributed by atoms with van der Waals surface area (Å²) < 4.78 is 27.9. The van der Waals surface area contributed by atoms with Crippen molar-refractivity contribution in [3.8, 4) is 0 Å². The molecule has 0 aliphatic carbocycles. The number of hydrogen-bond donors (Lipinski definition) is 1. The standard InChI is InChI=1S/C19H25N3O3S2/c1-15(2)18(20-27(24,25)17-9-6-14-26-17)19(23)22-12-10-21(11-13-22)16-7-4-3-5-8-16/h3-9,14-15,18,20H,10-13H2,1-2H3/t18-/m1/s1. The van der Waals surface area contributed by atoms with Gasteiger partial charge in [-0.1, -0.05) is 38.1 Å². The first-order valence-electron chi connectivity index (χ1n) is 9.03. The Morgan fingerprint density at radius 3 is 2.26 bits per heavy atom. The molecule has 1 amide bonds. The van der Waals surface area contributed by atoms with Crippen LogP contribution in [0.15, 0.2) is 52.1 Å². The van der Waals surface area contributed by atoms with Gasteiger partial charge in [-0.15, -0.1) is 11.3 Å². The smallest absolute Gasteiger partial charge is 0.250 e. The summed E-state index contributed by atoms with van der Waals surface area (Å²) in [7, 11) is -3.69. The van der Waals surface area contributed by atoms with Gasteiger partial charge in [0.1, 0.15) is 10.3 Å². The number of piperazine rings is 1. The van der Waals surface area contributed by atoms with Crippen LogP contribution in [0.3, 0.4) is 0 Å². The maximum absolute atomic E-state index is 13.0. The summed E-state index contributed by atoms with van der Waals surface area (Å²) in [6.45, 7) is 6.35. The van der Waals surface area contributed by atoms with E-state index in [1.807, 2.05) is 32.0 Å². The lowest BCUT2D eigenvalue weighted by Crippen LogP contribution is -2.56. The Balaban J connectivity index is 1.66. The lowest BCUT2D eigenvalue weighted by Gasteiger charge is -2.38. The average molecular weight is 408 g/mol. The van der Waals surface area contributed by atoms with Crippen molar-refractivity contribution in [3.05, 3.63) is 47.8 Å². The second-order valence-electron chi connectivity index (χ2n) is 6.92. The van der Waals surface area contributed by atoms with Crippen molar-refractivity contribution < 1.29 is 13.2 Å². The molecule has 0 radical (unpaired) electrons. The molecule has 1 aliphatic rings. The SMILES string of the molecule is CC(C)[C@@H](NS(=O)(=O)c1cccs1)C(=O)N1CCN(c2ccccc2)CC1. The number of nitrogens with zero attached hydrogens (tertiary/aromatic N) is 2. The molecule has 0 unspecified atom stereocenters. The van der Waals surface area contributed by atoms with E-state index in [9.17, 15) is 13.2 Å². The highest BCUT2D eigenvalue weighted by Gasteiger charge is 2.33. The van der Waals surface area contributed by atoms with E-state index < -0.39 is 16.1 Å². The van der Waals surface area contributed by atoms with E-state index in [0.717, 1.165) is 30.1 Å². The number of rotatable bonds is 6. The zero-order valence-corrected chi connectivity index (χ0v) is 17.2. The lowest BCUT2D eigenvalue weighted by molar-refractivity contribution is -0.134. The fraction of sp³-hybridized carbons (Fsp3) is 0.421. The van der Waals surface area contributed by atoms with Crippen LogP contribution in [0.5, 0.6) is 0 Å². The summed E-state index contributed by atoms with van der Waals surface area (Å²) in [4.78, 5) is 17.0. The molecule has 0 spiro atoms. The van der Waals surface area contributed by atoms with Gasteiger partial charge < -0.3 is 9.80 Å². The summed E-state index contributed by atoms with van der Waals surface area (Å²) in [5, 5.41) is 1.71. The minimum absolute atomic E-state index is 0.139. The molecule has 0 saturated carbocycles. The first kappa shape index (κ1) is 19.9. The number of carbonyl (C=O) groups is 1. The minimum atomic E-state index is -3.69. The molecule has 1 fully saturated rings. The maximum Gasteiger partial charge on any atom is 0.250 e.